The second-order valence-corrected chi connectivity index (χ2v) is 8.38. The highest BCUT2D eigenvalue weighted by molar-refractivity contribution is 5.95. The van der Waals surface area contributed by atoms with Crippen LogP contribution < -0.4 is 10.6 Å². The molecule has 5 heteroatoms. The molecule has 152 valence electrons. The van der Waals surface area contributed by atoms with E-state index in [0.717, 1.165) is 54.1 Å². The maximum atomic E-state index is 12.1. The first-order valence-electron chi connectivity index (χ1n) is 10.7. The van der Waals surface area contributed by atoms with Crippen LogP contribution in [-0.2, 0) is 19.3 Å². The fourth-order valence-electron chi connectivity index (χ4n) is 4.54. The number of nitrogens with two attached hydrogens (primary N) is 1. The third-order valence-electron chi connectivity index (χ3n) is 6.38. The molecule has 2 heterocycles. The molecule has 30 heavy (non-hydrogen) atoms. The minimum Gasteiger partial charge on any atom is -0.366 e. The Kier molecular flexibility index (Phi) is 4.74. The summed E-state index contributed by atoms with van der Waals surface area (Å²) in [6.45, 7) is 3.23. The minimum atomic E-state index is -0.393. The Morgan fingerprint density at radius 2 is 1.97 bits per heavy atom. The van der Waals surface area contributed by atoms with Gasteiger partial charge in [0.25, 0.3) is 0 Å². The molecule has 1 aliphatic carbocycles. The van der Waals surface area contributed by atoms with Crippen LogP contribution in [-0.4, -0.2) is 28.5 Å². The highest BCUT2D eigenvalue weighted by Gasteiger charge is 2.29. The lowest BCUT2D eigenvalue weighted by atomic mass is 9.94. The quantitative estimate of drug-likeness (QED) is 0.707. The Morgan fingerprint density at radius 1 is 1.13 bits per heavy atom. The number of carbonyl (C=O) groups excluding carboxylic acids is 1. The smallest absolute Gasteiger partial charge is 0.248 e. The van der Waals surface area contributed by atoms with E-state index in [2.05, 4.69) is 30.0 Å². The molecule has 1 fully saturated rings. The summed E-state index contributed by atoms with van der Waals surface area (Å²) in [5.41, 5.74) is 12.8. The molecule has 1 aliphatic heterocycles. The number of benzene rings is 2. The number of hydrogen-bond acceptors (Lipinski definition) is 4. The summed E-state index contributed by atoms with van der Waals surface area (Å²) in [5.74, 6) is 0.448. The van der Waals surface area contributed by atoms with Gasteiger partial charge in [0.05, 0.1) is 5.69 Å². The van der Waals surface area contributed by atoms with Crippen LogP contribution in [0.15, 0.2) is 48.5 Å². The predicted octanol–water partition coefficient (Wildman–Crippen LogP) is 3.92. The lowest BCUT2D eigenvalue weighted by Crippen LogP contribution is -2.46. The molecular weight excluding hydrogens is 372 g/mol. The Morgan fingerprint density at radius 3 is 2.67 bits per heavy atom. The molecule has 0 bridgehead atoms. The van der Waals surface area contributed by atoms with E-state index in [9.17, 15) is 4.79 Å². The van der Waals surface area contributed by atoms with E-state index in [-0.39, 0.29) is 0 Å². The molecule has 0 unspecified atom stereocenters. The molecule has 0 radical (unpaired) electrons. The van der Waals surface area contributed by atoms with E-state index >= 15 is 0 Å². The molecule has 1 atom stereocenters. The maximum absolute atomic E-state index is 12.1. The Balaban J connectivity index is 1.60. The standard InChI is InChI=1S/C25H26N4O/c1-16-12-13-29(16)25-27-22-9-5-8-21(22)23(28-25)18-10-11-20(24(26)30)19(15-18)14-17-6-3-2-4-7-17/h2-4,6-7,10-11,15-16H,5,8-9,12-14H2,1H3,(H2,26,30)/t16-/m0/s1. The van der Waals surface area contributed by atoms with Gasteiger partial charge in [0, 0.05) is 35.0 Å². The molecule has 0 saturated carbocycles. The van der Waals surface area contributed by atoms with Gasteiger partial charge in [-0.25, -0.2) is 9.97 Å². The molecule has 3 aromatic rings. The molecule has 1 aromatic heterocycles. The van der Waals surface area contributed by atoms with Crippen LogP contribution in [0, 0.1) is 0 Å². The summed E-state index contributed by atoms with van der Waals surface area (Å²) < 4.78 is 0. The first-order valence-corrected chi connectivity index (χ1v) is 10.7. The van der Waals surface area contributed by atoms with Gasteiger partial charge in [-0.1, -0.05) is 36.4 Å². The molecule has 0 spiro atoms. The summed E-state index contributed by atoms with van der Waals surface area (Å²) in [5, 5.41) is 0. The predicted molar refractivity (Wildman–Crippen MR) is 119 cm³/mol. The van der Waals surface area contributed by atoms with E-state index < -0.39 is 5.91 Å². The van der Waals surface area contributed by atoms with Crippen LogP contribution in [0.5, 0.6) is 0 Å². The van der Waals surface area contributed by atoms with Crippen molar-refractivity contribution >= 4 is 11.9 Å². The second-order valence-electron chi connectivity index (χ2n) is 8.38. The number of rotatable bonds is 5. The Labute approximate surface area is 177 Å². The van der Waals surface area contributed by atoms with Crippen molar-refractivity contribution in [1.82, 2.24) is 9.97 Å². The Bertz CT molecular complexity index is 1110. The van der Waals surface area contributed by atoms with Gasteiger partial charge >= 0.3 is 0 Å². The van der Waals surface area contributed by atoms with Gasteiger partial charge in [0.15, 0.2) is 0 Å². The van der Waals surface area contributed by atoms with E-state index in [0.29, 0.717) is 18.0 Å². The molecule has 2 aromatic carbocycles. The number of carbonyl (C=O) groups is 1. The van der Waals surface area contributed by atoms with Gasteiger partial charge in [-0.3, -0.25) is 4.79 Å². The highest BCUT2D eigenvalue weighted by atomic mass is 16.1. The number of hydrogen-bond donors (Lipinski definition) is 1. The van der Waals surface area contributed by atoms with Gasteiger partial charge < -0.3 is 10.6 Å². The van der Waals surface area contributed by atoms with Gasteiger partial charge in [0.2, 0.25) is 11.9 Å². The number of fused-ring (bicyclic) bond motifs is 1. The van der Waals surface area contributed by atoms with Crippen LogP contribution in [0.4, 0.5) is 5.95 Å². The lowest BCUT2D eigenvalue weighted by Gasteiger charge is -2.39. The number of nitrogens with zero attached hydrogens (tertiary/aromatic N) is 3. The Hall–Kier alpha value is -3.21. The van der Waals surface area contributed by atoms with Crippen molar-refractivity contribution in [3.63, 3.8) is 0 Å². The number of primary amides is 1. The van der Waals surface area contributed by atoms with Crippen molar-refractivity contribution in [2.24, 2.45) is 5.73 Å². The summed E-state index contributed by atoms with van der Waals surface area (Å²) in [7, 11) is 0. The van der Waals surface area contributed by atoms with Crippen LogP contribution >= 0.6 is 0 Å². The number of aryl methyl sites for hydroxylation is 1. The number of anilines is 1. The average molecular weight is 399 g/mol. The van der Waals surface area contributed by atoms with Crippen molar-refractivity contribution in [3.8, 4) is 11.3 Å². The van der Waals surface area contributed by atoms with Crippen molar-refractivity contribution < 1.29 is 4.79 Å². The summed E-state index contributed by atoms with van der Waals surface area (Å²) in [6, 6.07) is 16.6. The lowest BCUT2D eigenvalue weighted by molar-refractivity contribution is 0.0999. The molecule has 5 nitrogen and oxygen atoms in total. The fraction of sp³-hybridized carbons (Fsp3) is 0.320. The van der Waals surface area contributed by atoms with Crippen LogP contribution in [0.1, 0.15) is 52.5 Å². The topological polar surface area (TPSA) is 72.1 Å². The third-order valence-corrected chi connectivity index (χ3v) is 6.38. The fourth-order valence-corrected chi connectivity index (χ4v) is 4.54. The zero-order valence-corrected chi connectivity index (χ0v) is 17.3. The van der Waals surface area contributed by atoms with E-state index in [4.69, 9.17) is 15.7 Å². The molecule has 2 aliphatic rings. The molecular formula is C25H26N4O. The van der Waals surface area contributed by atoms with Crippen molar-refractivity contribution in [2.45, 2.75) is 45.1 Å². The van der Waals surface area contributed by atoms with Gasteiger partial charge in [0.1, 0.15) is 0 Å². The number of amides is 1. The largest absolute Gasteiger partial charge is 0.366 e. The van der Waals surface area contributed by atoms with Crippen LogP contribution in [0.2, 0.25) is 0 Å². The van der Waals surface area contributed by atoms with Crippen LogP contribution in [0.3, 0.4) is 0 Å². The number of aromatic nitrogens is 2. The minimum absolute atomic E-state index is 0.393. The van der Waals surface area contributed by atoms with Gasteiger partial charge in [-0.15, -0.1) is 0 Å². The SMILES string of the molecule is C[C@H]1CCN1c1nc2c(c(-c3ccc(C(N)=O)c(Cc4ccccc4)c3)n1)CCC2. The van der Waals surface area contributed by atoms with E-state index in [1.54, 1.807) is 0 Å². The maximum Gasteiger partial charge on any atom is 0.248 e. The van der Waals surface area contributed by atoms with Crippen molar-refractivity contribution in [1.29, 1.82) is 0 Å². The van der Waals surface area contributed by atoms with Crippen molar-refractivity contribution in [2.75, 3.05) is 11.4 Å². The highest BCUT2D eigenvalue weighted by Crippen LogP contribution is 2.35. The normalized spacial score (nSPS) is 17.5. The van der Waals surface area contributed by atoms with E-state index in [1.807, 2.05) is 30.3 Å². The first kappa shape index (κ1) is 18.8. The molecule has 5 rings (SSSR count). The zero-order chi connectivity index (χ0) is 20.7. The van der Waals surface area contributed by atoms with Gasteiger partial charge in [-0.05, 0) is 62.3 Å². The zero-order valence-electron chi connectivity index (χ0n) is 17.3. The summed E-state index contributed by atoms with van der Waals surface area (Å²) in [6.07, 6.45) is 4.98. The molecule has 1 saturated heterocycles. The summed E-state index contributed by atoms with van der Waals surface area (Å²) in [4.78, 5) is 24.2. The summed E-state index contributed by atoms with van der Waals surface area (Å²) >= 11 is 0. The van der Waals surface area contributed by atoms with Gasteiger partial charge in [-0.2, -0.15) is 0 Å². The molecule has 1 amide bonds. The second kappa shape index (κ2) is 7.56. The average Bonchev–Trinajstić information content (AvgIpc) is 3.21. The van der Waals surface area contributed by atoms with Crippen molar-refractivity contribution in [3.05, 3.63) is 76.5 Å². The van der Waals surface area contributed by atoms with E-state index in [1.165, 1.54) is 17.7 Å². The molecule has 2 N–H and O–H groups in total. The third kappa shape index (κ3) is 3.34. The monoisotopic (exact) mass is 398 g/mol. The first-order chi connectivity index (χ1) is 14.6. The van der Waals surface area contributed by atoms with Crippen LogP contribution in [0.25, 0.3) is 11.3 Å².